The smallest absolute Gasteiger partial charge is 0.140 e. The number of para-hydroxylation sites is 1. The molecule has 0 saturated carbocycles. The summed E-state index contributed by atoms with van der Waals surface area (Å²) in [4.78, 5) is 0.878. The van der Waals surface area contributed by atoms with Crippen LogP contribution in [0.3, 0.4) is 0 Å². The third-order valence-corrected chi connectivity index (χ3v) is 10.6. The maximum Gasteiger partial charge on any atom is 0.140 e. The van der Waals surface area contributed by atoms with Crippen LogP contribution in [0, 0.1) is 0 Å². The van der Waals surface area contributed by atoms with Gasteiger partial charge in [-0.3, -0.25) is 0 Å². The third-order valence-electron chi connectivity index (χ3n) is 10.6. The topological polar surface area (TPSA) is 16.4 Å². The maximum atomic E-state index is 10.7. The molecule has 1 atom stereocenters. The van der Waals surface area contributed by atoms with Gasteiger partial charge in [0.15, 0.2) is 0 Å². The van der Waals surface area contributed by atoms with Crippen molar-refractivity contribution in [2.45, 2.75) is 31.6 Å². The molecular formula is C53H39NO. The van der Waals surface area contributed by atoms with E-state index in [1.807, 2.05) is 0 Å². The summed E-state index contributed by atoms with van der Waals surface area (Å²) in [5.41, 5.74) is -8.59. The Balaban J connectivity index is 1.38. The molecule has 0 radical (unpaired) electrons. The van der Waals surface area contributed by atoms with Gasteiger partial charge in [0, 0.05) is 44.2 Å². The molecule has 2 heteroatoms. The molecule has 11 rings (SSSR count). The quantitative estimate of drug-likeness (QED) is 0.175. The average Bonchev–Trinajstić information content (AvgIpc) is 4.00. The summed E-state index contributed by atoms with van der Waals surface area (Å²) in [5.74, 6) is 0. The SMILES string of the molecule is [2H]c1cc(-c2cc([2H])c(N(c3cc4c(oc5c([2H])c([2H])c([2H])c([2H])c54)c(C4(C)c5cc([2H])c([2H])c([2H])c5-c5c([2H])c([2H])cc([2H])c54)c3[2H])c3c([2H])c([2H])c4c(c3[2H])C(C)(C)c3c([2H])c([2H])c([2H])c([2H])c3-4)c([2H])c2[2H])c([2H])c([2H])c1[2H]. The van der Waals surface area contributed by atoms with Crippen molar-refractivity contribution in [1.82, 2.24) is 0 Å². The van der Waals surface area contributed by atoms with Gasteiger partial charge in [0.1, 0.15) is 11.2 Å². The van der Waals surface area contributed by atoms with Crippen molar-refractivity contribution in [2.75, 3.05) is 4.90 Å². The zero-order valence-corrected chi connectivity index (χ0v) is 29.2. The summed E-state index contributed by atoms with van der Waals surface area (Å²) in [7, 11) is 0. The average molecular weight is 731 g/mol. The molecule has 0 bridgehead atoms. The van der Waals surface area contributed by atoms with E-state index in [4.69, 9.17) is 23.6 Å². The van der Waals surface area contributed by atoms with Crippen molar-refractivity contribution in [2.24, 2.45) is 0 Å². The first-order valence-electron chi connectivity index (χ1n) is 29.7. The monoisotopic (exact) mass is 730 g/mol. The zero-order valence-electron chi connectivity index (χ0n) is 54.2. The lowest BCUT2D eigenvalue weighted by Gasteiger charge is -2.32. The second kappa shape index (κ2) is 11.7. The van der Waals surface area contributed by atoms with Gasteiger partial charge in [-0.2, -0.15) is 0 Å². The van der Waals surface area contributed by atoms with E-state index in [0.29, 0.717) is 0 Å². The maximum absolute atomic E-state index is 10.7. The lowest BCUT2D eigenvalue weighted by atomic mass is 9.73. The Morgan fingerprint density at radius 3 is 2.09 bits per heavy atom. The molecule has 2 aliphatic rings. The Labute approximate surface area is 357 Å². The van der Waals surface area contributed by atoms with Crippen molar-refractivity contribution in [3.63, 3.8) is 0 Å². The van der Waals surface area contributed by atoms with Crippen molar-refractivity contribution in [3.05, 3.63) is 209 Å². The van der Waals surface area contributed by atoms with Crippen LogP contribution in [0.5, 0.6) is 0 Å². The third kappa shape index (κ3) is 4.55. The predicted molar refractivity (Wildman–Crippen MR) is 229 cm³/mol. The van der Waals surface area contributed by atoms with Crippen molar-refractivity contribution >= 4 is 39.0 Å². The molecule has 2 aliphatic carbocycles. The minimum absolute atomic E-state index is 0.0271. The number of hydrogen-bond acceptors (Lipinski definition) is 2. The number of anilines is 3. The van der Waals surface area contributed by atoms with Gasteiger partial charge in [0.05, 0.1) is 34.3 Å². The molecule has 0 spiro atoms. The minimum atomic E-state index is -2.12. The van der Waals surface area contributed by atoms with Crippen LogP contribution in [0.25, 0.3) is 55.3 Å². The standard InChI is InChI=1S/C53H39NO/c1-52(2)45-21-11-7-17-39(45)42-30-29-37(32-48(42)52)54(36-27-25-35(26-28-36)34-15-5-4-6-16-34)38-31-44-43-20-10-14-24-50(43)55-51(44)49(33-38)53(3)46-22-12-8-18-40(46)41-19-9-13-23-47(41)53/h4-33H,1-3H3/i4D,5D,6D,7D,8D,9D,10D,11D,12D,14D,15D,17D,18D,19D,20D,21D,23D,24D,25D,27D,28D,29D,30D,32D,33D. The van der Waals surface area contributed by atoms with Gasteiger partial charge >= 0.3 is 0 Å². The first-order valence-corrected chi connectivity index (χ1v) is 17.2. The number of nitrogens with zero attached hydrogens (tertiary/aromatic N) is 1. The second-order valence-electron chi connectivity index (χ2n) is 13.9. The molecule has 0 N–H and O–H groups in total. The van der Waals surface area contributed by atoms with E-state index in [1.54, 1.807) is 0 Å². The fourth-order valence-corrected chi connectivity index (χ4v) is 7.90. The molecule has 1 aromatic heterocycles. The normalized spacial score (nSPS) is 22.5. The van der Waals surface area contributed by atoms with Crippen LogP contribution in [0.2, 0.25) is 0 Å². The van der Waals surface area contributed by atoms with E-state index in [1.165, 1.54) is 26.8 Å². The summed E-state index contributed by atoms with van der Waals surface area (Å²) < 4.78 is 235. The van der Waals surface area contributed by atoms with Crippen LogP contribution in [0.15, 0.2) is 186 Å². The van der Waals surface area contributed by atoms with Gasteiger partial charge in [0.25, 0.3) is 0 Å². The summed E-state index contributed by atoms with van der Waals surface area (Å²) in [6.45, 7) is 4.50. The highest BCUT2D eigenvalue weighted by molar-refractivity contribution is 6.09. The van der Waals surface area contributed by atoms with E-state index >= 15 is 0 Å². The van der Waals surface area contributed by atoms with Crippen molar-refractivity contribution in [3.8, 4) is 33.4 Å². The van der Waals surface area contributed by atoms with Crippen LogP contribution in [-0.2, 0) is 10.8 Å². The van der Waals surface area contributed by atoms with E-state index in [9.17, 15) is 15.1 Å². The number of furan rings is 1. The van der Waals surface area contributed by atoms with Crippen LogP contribution >= 0.6 is 0 Å². The minimum Gasteiger partial charge on any atom is -0.456 e. The molecule has 9 aromatic rings. The Hall–Kier alpha value is -6.64. The molecule has 0 saturated heterocycles. The summed E-state index contributed by atoms with van der Waals surface area (Å²) in [5, 5.41) is -0.548. The largest absolute Gasteiger partial charge is 0.456 e. The molecule has 2 nitrogen and oxygen atoms in total. The van der Waals surface area contributed by atoms with Gasteiger partial charge in [-0.25, -0.2) is 0 Å². The Morgan fingerprint density at radius 1 is 0.473 bits per heavy atom. The molecular weight excluding hydrogens is 667 g/mol. The summed E-state index contributed by atoms with van der Waals surface area (Å²) >= 11 is 0. The highest BCUT2D eigenvalue weighted by Crippen LogP contribution is 2.56. The Bertz CT molecular complexity index is 4430. The van der Waals surface area contributed by atoms with Gasteiger partial charge in [-0.15, -0.1) is 0 Å². The fourth-order valence-electron chi connectivity index (χ4n) is 7.90. The van der Waals surface area contributed by atoms with Crippen molar-refractivity contribution < 1.29 is 38.7 Å². The Morgan fingerprint density at radius 2 is 1.16 bits per heavy atom. The van der Waals surface area contributed by atoms with Gasteiger partial charge in [0.2, 0.25) is 0 Å². The highest BCUT2D eigenvalue weighted by Gasteiger charge is 2.43. The number of fused-ring (bicyclic) bond motifs is 9. The molecule has 55 heavy (non-hydrogen) atoms. The van der Waals surface area contributed by atoms with Gasteiger partial charge in [-0.05, 0) is 105 Å². The summed E-state index contributed by atoms with van der Waals surface area (Å²) in [6, 6.07) is -10.9. The number of benzene rings is 8. The molecule has 1 unspecified atom stereocenters. The lowest BCUT2D eigenvalue weighted by Crippen LogP contribution is -2.23. The van der Waals surface area contributed by atoms with Crippen molar-refractivity contribution in [1.29, 1.82) is 0 Å². The summed E-state index contributed by atoms with van der Waals surface area (Å²) in [6.07, 6.45) is 0. The molecule has 1 heterocycles. The van der Waals surface area contributed by atoms with E-state index in [0.717, 1.165) is 29.2 Å². The van der Waals surface area contributed by atoms with E-state index in [-0.39, 0.29) is 77.6 Å². The van der Waals surface area contributed by atoms with Gasteiger partial charge in [-0.1, -0.05) is 153 Å². The molecule has 0 aliphatic heterocycles. The number of rotatable bonds is 5. The highest BCUT2D eigenvalue weighted by atomic mass is 16.3. The first-order chi connectivity index (χ1) is 37.3. The lowest BCUT2D eigenvalue weighted by molar-refractivity contribution is 0.638. The molecule has 0 fully saturated rings. The Kier molecular flexibility index (Phi) is 3.31. The van der Waals surface area contributed by atoms with Crippen LogP contribution < -0.4 is 4.90 Å². The molecule has 262 valence electrons. The fraction of sp³-hybridized carbons (Fsp3) is 0.0943. The van der Waals surface area contributed by atoms with E-state index in [2.05, 4.69) is 0 Å². The van der Waals surface area contributed by atoms with Crippen LogP contribution in [0.4, 0.5) is 17.1 Å². The van der Waals surface area contributed by atoms with Crippen LogP contribution in [-0.4, -0.2) is 0 Å². The number of hydrogen-bond donors (Lipinski definition) is 0. The second-order valence-corrected chi connectivity index (χ2v) is 13.9. The zero-order chi connectivity index (χ0) is 58.6. The molecule has 0 amide bonds. The first kappa shape index (κ1) is 15.6. The molecule has 8 aromatic carbocycles. The van der Waals surface area contributed by atoms with Gasteiger partial charge < -0.3 is 9.32 Å². The van der Waals surface area contributed by atoms with E-state index < -0.39 is 185 Å². The van der Waals surface area contributed by atoms with Crippen LogP contribution in [0.1, 0.15) is 82.9 Å². The predicted octanol–water partition coefficient (Wildman–Crippen LogP) is 14.4.